The summed E-state index contributed by atoms with van der Waals surface area (Å²) in [4.78, 5) is 8.93. The van der Waals surface area contributed by atoms with E-state index >= 15 is 0 Å². The number of anilines is 1. The van der Waals surface area contributed by atoms with Crippen molar-refractivity contribution in [3.63, 3.8) is 0 Å². The van der Waals surface area contributed by atoms with Crippen LogP contribution >= 0.6 is 23.8 Å². The molecule has 8 heteroatoms. The number of benzene rings is 1. The molecule has 3 heterocycles. The molecule has 0 amide bonds. The van der Waals surface area contributed by atoms with E-state index in [-0.39, 0.29) is 0 Å². The first-order valence-electron chi connectivity index (χ1n) is 9.34. The van der Waals surface area contributed by atoms with Gasteiger partial charge in [0.1, 0.15) is 5.69 Å². The molecule has 4 rings (SSSR count). The van der Waals surface area contributed by atoms with Crippen LogP contribution in [0.15, 0.2) is 47.7 Å². The van der Waals surface area contributed by atoms with Crippen molar-refractivity contribution in [2.75, 3.05) is 31.1 Å². The predicted molar refractivity (Wildman–Crippen MR) is 116 cm³/mol. The highest BCUT2D eigenvalue weighted by atomic mass is 35.5. The first-order valence-corrected chi connectivity index (χ1v) is 10.1. The van der Waals surface area contributed by atoms with Crippen molar-refractivity contribution >= 4 is 40.3 Å². The van der Waals surface area contributed by atoms with Gasteiger partial charge in [-0.3, -0.25) is 10.4 Å². The highest BCUT2D eigenvalue weighted by Crippen LogP contribution is 2.30. The van der Waals surface area contributed by atoms with Gasteiger partial charge < -0.3 is 14.5 Å². The summed E-state index contributed by atoms with van der Waals surface area (Å²) in [6.07, 6.45) is 2.32. The van der Waals surface area contributed by atoms with Crippen molar-refractivity contribution in [2.45, 2.75) is 19.4 Å². The summed E-state index contributed by atoms with van der Waals surface area (Å²) in [5, 5.41) is 5.69. The summed E-state index contributed by atoms with van der Waals surface area (Å²) in [5.41, 5.74) is 5.78. The lowest BCUT2D eigenvalue weighted by Crippen LogP contribution is -2.55. The van der Waals surface area contributed by atoms with Crippen LogP contribution in [0.3, 0.4) is 0 Å². The van der Waals surface area contributed by atoms with Crippen LogP contribution in [-0.4, -0.2) is 53.0 Å². The van der Waals surface area contributed by atoms with E-state index in [1.165, 1.54) is 5.69 Å². The molecule has 6 nitrogen and oxygen atoms in total. The van der Waals surface area contributed by atoms with Crippen LogP contribution < -0.4 is 15.1 Å². The van der Waals surface area contributed by atoms with Crippen molar-refractivity contribution < 1.29 is 4.74 Å². The van der Waals surface area contributed by atoms with E-state index in [1.807, 2.05) is 6.07 Å². The summed E-state index contributed by atoms with van der Waals surface area (Å²) in [5.74, 6) is 0.590. The number of fused-ring (bicyclic) bond motifs is 1. The Morgan fingerprint density at radius 1 is 1.29 bits per heavy atom. The molecule has 0 saturated carbocycles. The molecule has 2 aliphatic heterocycles. The Morgan fingerprint density at radius 2 is 2.11 bits per heavy atom. The summed E-state index contributed by atoms with van der Waals surface area (Å²) in [6.45, 7) is 5.35. The minimum Gasteiger partial charge on any atom is -0.489 e. The molecule has 0 aliphatic carbocycles. The Balaban J connectivity index is 1.41. The first kappa shape index (κ1) is 19.0. The van der Waals surface area contributed by atoms with Crippen LogP contribution in [0.25, 0.3) is 0 Å². The van der Waals surface area contributed by atoms with E-state index in [9.17, 15) is 0 Å². The minimum absolute atomic E-state index is 0.354. The molecular weight excluding hydrogens is 394 g/mol. The molecule has 1 saturated heterocycles. The molecule has 2 aliphatic rings. The smallest absolute Gasteiger partial charge is 0.189 e. The normalized spacial score (nSPS) is 20.5. The molecule has 146 valence electrons. The van der Waals surface area contributed by atoms with E-state index in [4.69, 9.17) is 28.6 Å². The van der Waals surface area contributed by atoms with Crippen LogP contribution in [0.4, 0.5) is 5.69 Å². The van der Waals surface area contributed by atoms with E-state index in [0.29, 0.717) is 40.6 Å². The van der Waals surface area contributed by atoms with Crippen molar-refractivity contribution in [1.29, 1.82) is 0 Å². The summed E-state index contributed by atoms with van der Waals surface area (Å²) < 4.78 is 5.62. The van der Waals surface area contributed by atoms with E-state index in [1.54, 1.807) is 12.3 Å². The Morgan fingerprint density at radius 3 is 2.89 bits per heavy atom. The lowest BCUT2D eigenvalue weighted by Gasteiger charge is -2.42. The third kappa shape index (κ3) is 3.91. The third-order valence-electron chi connectivity index (χ3n) is 5.00. The third-order valence-corrected chi connectivity index (χ3v) is 5.65. The second-order valence-corrected chi connectivity index (χ2v) is 7.66. The fourth-order valence-corrected chi connectivity index (χ4v) is 3.99. The van der Waals surface area contributed by atoms with Crippen LogP contribution in [0.2, 0.25) is 5.02 Å². The zero-order valence-corrected chi connectivity index (χ0v) is 17.2. The van der Waals surface area contributed by atoms with Crippen LogP contribution in [0.5, 0.6) is 5.75 Å². The summed E-state index contributed by atoms with van der Waals surface area (Å²) in [6, 6.07) is 12.6. The van der Waals surface area contributed by atoms with Gasteiger partial charge in [-0.15, -0.1) is 0 Å². The summed E-state index contributed by atoms with van der Waals surface area (Å²) >= 11 is 11.8. The molecule has 1 aromatic heterocycles. The van der Waals surface area contributed by atoms with Gasteiger partial charge in [-0.1, -0.05) is 29.8 Å². The quantitative estimate of drug-likeness (QED) is 0.600. The number of nitrogens with one attached hydrogen (secondary N) is 1. The second-order valence-electron chi connectivity index (χ2n) is 6.87. The number of para-hydroxylation sites is 1. The molecule has 0 radical (unpaired) electrons. The van der Waals surface area contributed by atoms with Gasteiger partial charge in [-0.25, -0.2) is 0 Å². The van der Waals surface area contributed by atoms with E-state index in [0.717, 1.165) is 25.3 Å². The lowest BCUT2D eigenvalue weighted by atomic mass is 10.1. The van der Waals surface area contributed by atoms with Crippen molar-refractivity contribution in [3.8, 4) is 5.75 Å². The summed E-state index contributed by atoms with van der Waals surface area (Å²) in [7, 11) is 0. The van der Waals surface area contributed by atoms with Gasteiger partial charge >= 0.3 is 0 Å². The zero-order valence-electron chi connectivity index (χ0n) is 15.6. The van der Waals surface area contributed by atoms with Crippen molar-refractivity contribution in [1.82, 2.24) is 15.3 Å². The zero-order chi connectivity index (χ0) is 19.5. The van der Waals surface area contributed by atoms with Gasteiger partial charge in [-0.2, -0.15) is 5.10 Å². The number of nitrogens with zero attached hydrogens (tertiary/aromatic N) is 4. The highest BCUT2D eigenvalue weighted by molar-refractivity contribution is 7.80. The highest BCUT2D eigenvalue weighted by Gasteiger charge is 2.26. The molecule has 1 atom stereocenters. The molecule has 1 aromatic carbocycles. The number of hydrogen-bond acceptors (Lipinski definition) is 5. The molecule has 0 bridgehead atoms. The van der Waals surface area contributed by atoms with Crippen molar-refractivity contribution in [2.24, 2.45) is 5.10 Å². The number of rotatable bonds is 2. The monoisotopic (exact) mass is 415 g/mol. The van der Waals surface area contributed by atoms with E-state index < -0.39 is 0 Å². The molecular formula is C20H22ClN5OS. The molecule has 1 unspecified atom stereocenters. The lowest BCUT2D eigenvalue weighted by molar-refractivity contribution is 0.318. The second kappa shape index (κ2) is 8.32. The number of thiocarbonyl (C=S) groups is 1. The Kier molecular flexibility index (Phi) is 5.64. The van der Waals surface area contributed by atoms with Gasteiger partial charge in [0.05, 0.1) is 17.3 Å². The van der Waals surface area contributed by atoms with E-state index in [2.05, 4.69) is 56.5 Å². The van der Waals surface area contributed by atoms with Gasteiger partial charge in [0.2, 0.25) is 0 Å². The number of halogens is 1. The molecule has 1 fully saturated rings. The number of aromatic nitrogens is 1. The van der Waals surface area contributed by atoms with Crippen LogP contribution in [-0.2, 0) is 0 Å². The Labute approximate surface area is 175 Å². The largest absolute Gasteiger partial charge is 0.489 e. The average Bonchev–Trinajstić information content (AvgIpc) is 2.73. The van der Waals surface area contributed by atoms with Gasteiger partial charge in [0, 0.05) is 44.0 Å². The number of piperazine rings is 1. The SMILES string of the molecule is CC1CN(C(=S)N/N=C2/CCOc3c(Cl)ccnc32)CCN1c1ccccc1. The van der Waals surface area contributed by atoms with Crippen LogP contribution in [0.1, 0.15) is 19.0 Å². The van der Waals surface area contributed by atoms with Crippen LogP contribution in [0, 0.1) is 0 Å². The van der Waals surface area contributed by atoms with Gasteiger partial charge in [0.25, 0.3) is 0 Å². The maximum Gasteiger partial charge on any atom is 0.189 e. The van der Waals surface area contributed by atoms with Crippen molar-refractivity contribution in [3.05, 3.63) is 53.3 Å². The fourth-order valence-electron chi connectivity index (χ4n) is 3.58. The molecule has 2 aromatic rings. The van der Waals surface area contributed by atoms with Gasteiger partial charge in [0.15, 0.2) is 10.9 Å². The standard InChI is InChI=1S/C20H22ClN5OS/c1-14-13-25(10-11-26(14)15-5-3-2-4-6-15)20(28)24-23-17-8-12-27-19-16(21)7-9-22-18(17)19/h2-7,9,14H,8,10-13H2,1H3,(H,24,28)/b23-17-. The molecule has 28 heavy (non-hydrogen) atoms. The Bertz CT molecular complexity index is 891. The first-order chi connectivity index (χ1) is 13.6. The van der Waals surface area contributed by atoms with Gasteiger partial charge in [-0.05, 0) is 37.3 Å². The Hall–Kier alpha value is -2.38. The molecule has 1 N–H and O–H groups in total. The minimum atomic E-state index is 0.354. The molecule has 0 spiro atoms. The number of pyridine rings is 1. The maximum atomic E-state index is 6.19. The number of ether oxygens (including phenoxy) is 1. The topological polar surface area (TPSA) is 53.0 Å². The maximum absolute atomic E-state index is 6.19. The fraction of sp³-hybridized carbons (Fsp3) is 0.350. The number of hydrogen-bond donors (Lipinski definition) is 1. The number of hydrazone groups is 1. The average molecular weight is 416 g/mol. The predicted octanol–water partition coefficient (Wildman–Crippen LogP) is 3.31.